The summed E-state index contributed by atoms with van der Waals surface area (Å²) in [5.41, 5.74) is 0.145. The number of aromatic nitrogens is 2. The molecular weight excluding hydrogens is 381 g/mol. The third-order valence-electron chi connectivity index (χ3n) is 4.42. The number of likely N-dealkylation sites (tertiary alicyclic amines) is 1. The molecule has 3 rings (SSSR count). The van der Waals surface area contributed by atoms with E-state index in [4.69, 9.17) is 21.7 Å². The van der Waals surface area contributed by atoms with Gasteiger partial charge in [0, 0.05) is 18.9 Å². The van der Waals surface area contributed by atoms with Crippen LogP contribution in [0, 0.1) is 5.82 Å². The van der Waals surface area contributed by atoms with Crippen LogP contribution >= 0.6 is 12.2 Å². The predicted octanol–water partition coefficient (Wildman–Crippen LogP) is 4.31. The van der Waals surface area contributed by atoms with Crippen LogP contribution in [0.3, 0.4) is 0 Å². The first-order valence-electron chi connectivity index (χ1n) is 9.18. The van der Waals surface area contributed by atoms with E-state index in [1.54, 1.807) is 40.3 Å². The van der Waals surface area contributed by atoms with Crippen LogP contribution in [0.15, 0.2) is 43.0 Å². The quantitative estimate of drug-likeness (QED) is 0.712. The van der Waals surface area contributed by atoms with Crippen LogP contribution in [-0.4, -0.2) is 43.9 Å². The second-order valence-corrected chi connectivity index (χ2v) is 8.06. The first kappa shape index (κ1) is 20.3. The average molecular weight is 405 g/mol. The highest BCUT2D eigenvalue weighted by Crippen LogP contribution is 2.34. The Labute approximate surface area is 169 Å². The van der Waals surface area contributed by atoms with E-state index in [-0.39, 0.29) is 23.1 Å². The monoisotopic (exact) mass is 405 g/mol. The maximum Gasteiger partial charge on any atom is 0.410 e. The normalized spacial score (nSPS) is 18.0. The SMILES string of the molecule is CC(C)(C)OC(=O)N1CCC[C@H]1C(OC(=S)n1ccnc1)c1ccc(F)cc1. The minimum atomic E-state index is -0.595. The molecule has 2 atom stereocenters. The molecule has 0 spiro atoms. The van der Waals surface area contributed by atoms with Crippen molar-refractivity contribution in [3.8, 4) is 0 Å². The Bertz CT molecular complexity index is 818. The third kappa shape index (κ3) is 4.86. The van der Waals surface area contributed by atoms with E-state index in [0.717, 1.165) is 18.4 Å². The lowest BCUT2D eigenvalue weighted by Crippen LogP contribution is -2.43. The van der Waals surface area contributed by atoms with Crippen LogP contribution in [0.1, 0.15) is 45.3 Å². The molecule has 0 saturated carbocycles. The number of ether oxygens (including phenoxy) is 2. The molecule has 0 N–H and O–H groups in total. The molecule has 1 aliphatic heterocycles. The lowest BCUT2D eigenvalue weighted by molar-refractivity contribution is 0.00708. The molecular formula is C20H24FN3O3S. The Kier molecular flexibility index (Phi) is 5.98. The summed E-state index contributed by atoms with van der Waals surface area (Å²) in [6.07, 6.45) is 5.45. The number of thiocarbonyl (C=S) groups is 1. The molecule has 1 aromatic heterocycles. The van der Waals surface area contributed by atoms with Crippen LogP contribution < -0.4 is 0 Å². The minimum Gasteiger partial charge on any atom is -0.460 e. The largest absolute Gasteiger partial charge is 0.460 e. The van der Waals surface area contributed by atoms with Crippen LogP contribution in [0.25, 0.3) is 0 Å². The van der Waals surface area contributed by atoms with E-state index >= 15 is 0 Å². The fraction of sp³-hybridized carbons (Fsp3) is 0.450. The number of amides is 1. The number of benzene rings is 1. The Morgan fingerprint density at radius 3 is 2.64 bits per heavy atom. The number of carbonyl (C=O) groups excluding carboxylic acids is 1. The summed E-state index contributed by atoms with van der Waals surface area (Å²) in [6.45, 7) is 6.06. The van der Waals surface area contributed by atoms with Gasteiger partial charge in [-0.2, -0.15) is 0 Å². The van der Waals surface area contributed by atoms with Gasteiger partial charge in [0.2, 0.25) is 0 Å². The second kappa shape index (κ2) is 8.26. The van der Waals surface area contributed by atoms with Crippen LogP contribution in [0.2, 0.25) is 0 Å². The molecule has 1 saturated heterocycles. The molecule has 150 valence electrons. The Balaban J connectivity index is 1.87. The molecule has 0 radical (unpaired) electrons. The summed E-state index contributed by atoms with van der Waals surface area (Å²) in [6, 6.07) is 5.78. The van der Waals surface area contributed by atoms with Crippen LogP contribution in [0.5, 0.6) is 0 Å². The molecule has 1 aromatic carbocycles. The molecule has 2 aromatic rings. The highest BCUT2D eigenvalue weighted by atomic mass is 32.1. The van der Waals surface area contributed by atoms with Crippen LogP contribution in [-0.2, 0) is 9.47 Å². The minimum absolute atomic E-state index is 0.211. The van der Waals surface area contributed by atoms with Gasteiger partial charge in [-0.25, -0.2) is 14.2 Å². The summed E-state index contributed by atoms with van der Waals surface area (Å²) in [7, 11) is 0. The number of carbonyl (C=O) groups is 1. The Morgan fingerprint density at radius 2 is 2.04 bits per heavy atom. The van der Waals surface area contributed by atoms with Crippen molar-refractivity contribution in [1.82, 2.24) is 14.5 Å². The molecule has 1 unspecified atom stereocenters. The number of halogens is 1. The summed E-state index contributed by atoms with van der Waals surface area (Å²) < 4.78 is 26.7. The van der Waals surface area contributed by atoms with E-state index in [9.17, 15) is 9.18 Å². The highest BCUT2D eigenvalue weighted by molar-refractivity contribution is 7.80. The molecule has 0 aliphatic carbocycles. The maximum atomic E-state index is 13.4. The fourth-order valence-corrected chi connectivity index (χ4v) is 3.42. The molecule has 1 fully saturated rings. The number of nitrogens with zero attached hydrogens (tertiary/aromatic N) is 3. The zero-order chi connectivity index (χ0) is 20.3. The van der Waals surface area contributed by atoms with Crippen LogP contribution in [0.4, 0.5) is 9.18 Å². The number of hydrogen-bond acceptors (Lipinski definition) is 5. The zero-order valence-electron chi connectivity index (χ0n) is 16.2. The van der Waals surface area contributed by atoms with Gasteiger partial charge in [0.1, 0.15) is 23.8 Å². The molecule has 1 amide bonds. The van der Waals surface area contributed by atoms with Crippen molar-refractivity contribution in [3.05, 3.63) is 54.4 Å². The van der Waals surface area contributed by atoms with Gasteiger partial charge in [0.25, 0.3) is 5.17 Å². The van der Waals surface area contributed by atoms with Gasteiger partial charge in [0.05, 0.1) is 6.04 Å². The molecule has 1 aliphatic rings. The average Bonchev–Trinajstić information content (AvgIpc) is 3.30. The third-order valence-corrected chi connectivity index (χ3v) is 4.73. The van der Waals surface area contributed by atoms with E-state index in [1.807, 2.05) is 20.8 Å². The zero-order valence-corrected chi connectivity index (χ0v) is 17.0. The van der Waals surface area contributed by atoms with Crippen molar-refractivity contribution < 1.29 is 18.7 Å². The maximum absolute atomic E-state index is 13.4. The van der Waals surface area contributed by atoms with E-state index in [1.165, 1.54) is 12.1 Å². The van der Waals surface area contributed by atoms with Crippen molar-refractivity contribution in [2.24, 2.45) is 0 Å². The van der Waals surface area contributed by atoms with Gasteiger partial charge < -0.3 is 14.4 Å². The van der Waals surface area contributed by atoms with Gasteiger partial charge in [-0.05, 0) is 63.5 Å². The first-order valence-corrected chi connectivity index (χ1v) is 9.59. The molecule has 6 nitrogen and oxygen atoms in total. The molecule has 8 heteroatoms. The Hall–Kier alpha value is -2.48. The topological polar surface area (TPSA) is 56.6 Å². The van der Waals surface area contributed by atoms with Gasteiger partial charge in [-0.15, -0.1) is 0 Å². The Morgan fingerprint density at radius 1 is 1.32 bits per heavy atom. The van der Waals surface area contributed by atoms with Gasteiger partial charge in [-0.1, -0.05) is 12.1 Å². The van der Waals surface area contributed by atoms with Crippen molar-refractivity contribution in [3.63, 3.8) is 0 Å². The summed E-state index contributed by atoms with van der Waals surface area (Å²) in [5.74, 6) is -0.338. The number of rotatable bonds is 3. The van der Waals surface area contributed by atoms with Crippen molar-refractivity contribution in [1.29, 1.82) is 0 Å². The van der Waals surface area contributed by atoms with E-state index < -0.39 is 11.7 Å². The van der Waals surface area contributed by atoms with Gasteiger partial charge in [-0.3, -0.25) is 4.57 Å². The van der Waals surface area contributed by atoms with Gasteiger partial charge in [0.15, 0.2) is 0 Å². The lowest BCUT2D eigenvalue weighted by atomic mass is 10.00. The second-order valence-electron chi connectivity index (χ2n) is 7.71. The van der Waals surface area contributed by atoms with Crippen molar-refractivity contribution in [2.75, 3.05) is 6.54 Å². The van der Waals surface area contributed by atoms with Gasteiger partial charge >= 0.3 is 6.09 Å². The van der Waals surface area contributed by atoms with E-state index in [0.29, 0.717) is 6.54 Å². The fourth-order valence-electron chi connectivity index (χ4n) is 3.21. The van der Waals surface area contributed by atoms with Crippen molar-refractivity contribution >= 4 is 23.5 Å². The first-order chi connectivity index (χ1) is 13.2. The predicted molar refractivity (Wildman–Crippen MR) is 106 cm³/mol. The molecule has 2 heterocycles. The smallest absolute Gasteiger partial charge is 0.410 e. The molecule has 0 bridgehead atoms. The van der Waals surface area contributed by atoms with Crippen molar-refractivity contribution in [2.45, 2.75) is 51.4 Å². The highest BCUT2D eigenvalue weighted by Gasteiger charge is 2.39. The lowest BCUT2D eigenvalue weighted by Gasteiger charge is -2.33. The molecule has 28 heavy (non-hydrogen) atoms. The number of imidazole rings is 1. The summed E-state index contributed by atoms with van der Waals surface area (Å²) in [5, 5.41) is 0.211. The summed E-state index contributed by atoms with van der Waals surface area (Å²) in [4.78, 5) is 18.4. The standard InChI is InChI=1S/C20H24FN3O3S/c1-20(2,3)27-18(25)24-11-4-5-16(24)17(14-6-8-15(21)9-7-14)26-19(28)23-12-10-22-13-23/h6-10,12-13,16-17H,4-5,11H2,1-3H3/t16-,17?/m0/s1. The van der Waals surface area contributed by atoms with E-state index in [2.05, 4.69) is 4.98 Å². The number of hydrogen-bond donors (Lipinski definition) is 0. The summed E-state index contributed by atoms with van der Waals surface area (Å²) >= 11 is 5.40.